The lowest BCUT2D eigenvalue weighted by Gasteiger charge is -2.49. The summed E-state index contributed by atoms with van der Waals surface area (Å²) in [5.74, 6) is -0.584. The van der Waals surface area contributed by atoms with Crippen LogP contribution in [0.4, 0.5) is 9.93 Å². The number of hydrogen-bond donors (Lipinski definition) is 4. The van der Waals surface area contributed by atoms with Gasteiger partial charge >= 0.3 is 6.16 Å². The van der Waals surface area contributed by atoms with Gasteiger partial charge in [-0.1, -0.05) is 5.16 Å². The molecule has 0 bridgehead atoms. The lowest BCUT2D eigenvalue weighted by Crippen LogP contribution is -2.70. The Hall–Kier alpha value is -2.45. The molecule has 1 aromatic rings. The number of hydrogen-bond acceptors (Lipinski definition) is 11. The molecule has 0 spiro atoms. The van der Waals surface area contributed by atoms with Gasteiger partial charge in [-0.05, 0) is 0 Å². The number of rotatable bonds is 6. The maximum atomic E-state index is 12.6. The summed E-state index contributed by atoms with van der Waals surface area (Å²) in [7, 11) is 1.27. The number of aromatic nitrogens is 1. The highest BCUT2D eigenvalue weighted by atomic mass is 32.2. The third-order valence-electron chi connectivity index (χ3n) is 3.82. The molecule has 1 saturated heterocycles. The zero-order valence-corrected chi connectivity index (χ0v) is 16.8. The van der Waals surface area contributed by atoms with E-state index in [4.69, 9.17) is 20.4 Å². The minimum atomic E-state index is -1.53. The average Bonchev–Trinajstić information content (AvgIpc) is 3.08. The Morgan fingerprint density at radius 2 is 2.32 bits per heavy atom. The van der Waals surface area contributed by atoms with Gasteiger partial charge in [-0.3, -0.25) is 14.5 Å². The summed E-state index contributed by atoms with van der Waals surface area (Å²) in [5, 5.41) is 16.4. The SMILES string of the molecule is CO/N=C(\C(=O)N[C@@H]1C(=O)N2C(OC(=O)O)=C(CS)CS[C@@H]12)c1csc(N)n1. The first kappa shape index (κ1) is 20.3. The largest absolute Gasteiger partial charge is 0.512 e. The van der Waals surface area contributed by atoms with Crippen molar-refractivity contribution in [3.05, 3.63) is 22.5 Å². The molecule has 0 aliphatic carbocycles. The Bertz CT molecular complexity index is 885. The number of carboxylic acid groups (broad SMARTS) is 1. The monoisotopic (exact) mass is 445 g/mol. The second-order valence-electron chi connectivity index (χ2n) is 5.49. The molecular weight excluding hydrogens is 430 g/mol. The van der Waals surface area contributed by atoms with Gasteiger partial charge in [0.25, 0.3) is 11.8 Å². The number of carbonyl (C=O) groups is 3. The lowest BCUT2D eigenvalue weighted by molar-refractivity contribution is -0.148. The summed E-state index contributed by atoms with van der Waals surface area (Å²) in [6.07, 6.45) is -1.53. The van der Waals surface area contributed by atoms with Gasteiger partial charge in [0.15, 0.2) is 10.8 Å². The quantitative estimate of drug-likeness (QED) is 0.159. The van der Waals surface area contributed by atoms with Crippen LogP contribution < -0.4 is 11.1 Å². The summed E-state index contributed by atoms with van der Waals surface area (Å²) in [6.45, 7) is 0. The van der Waals surface area contributed by atoms with Gasteiger partial charge in [0.1, 0.15) is 24.2 Å². The molecule has 150 valence electrons. The van der Waals surface area contributed by atoms with Crippen LogP contribution in [0.25, 0.3) is 0 Å². The van der Waals surface area contributed by atoms with Crippen molar-refractivity contribution >= 4 is 64.5 Å². The predicted octanol–water partition coefficient (Wildman–Crippen LogP) is 0.312. The molecule has 2 aliphatic rings. The highest BCUT2D eigenvalue weighted by Crippen LogP contribution is 2.40. The van der Waals surface area contributed by atoms with E-state index in [-0.39, 0.29) is 28.2 Å². The molecule has 1 fully saturated rings. The second kappa shape index (κ2) is 8.28. The number of nitrogens with zero attached hydrogens (tertiary/aromatic N) is 3. The Morgan fingerprint density at radius 3 is 2.89 bits per heavy atom. The topological polar surface area (TPSA) is 156 Å². The summed E-state index contributed by atoms with van der Waals surface area (Å²) in [4.78, 5) is 46.0. The van der Waals surface area contributed by atoms with E-state index in [1.165, 1.54) is 29.2 Å². The number of anilines is 1. The van der Waals surface area contributed by atoms with Crippen molar-refractivity contribution in [1.82, 2.24) is 15.2 Å². The van der Waals surface area contributed by atoms with Gasteiger partial charge in [0.2, 0.25) is 5.88 Å². The molecule has 0 unspecified atom stereocenters. The zero-order chi connectivity index (χ0) is 20.4. The van der Waals surface area contributed by atoms with E-state index in [2.05, 4.69) is 28.1 Å². The minimum Gasteiger partial charge on any atom is -0.449 e. The molecular formula is C14H15N5O6S3. The van der Waals surface area contributed by atoms with E-state index in [1.54, 1.807) is 0 Å². The van der Waals surface area contributed by atoms with E-state index in [9.17, 15) is 14.4 Å². The standard InChI is InChI=1S/C14H15N5O6S3/c1-24-18-7(6-4-28-13(15)16-6)9(20)17-8-10(21)19-11(25-14(22)23)5(2-26)3-27-12(8)19/h4,8,12,26H,2-3H2,1H3,(H2,15,16)(H,17,20)(H,22,23)/b18-7-/t8-,12+/m1/s1. The van der Waals surface area contributed by atoms with Gasteiger partial charge in [0, 0.05) is 22.5 Å². The van der Waals surface area contributed by atoms with Crippen molar-refractivity contribution < 1.29 is 29.1 Å². The number of fused-ring (bicyclic) bond motifs is 1. The van der Waals surface area contributed by atoms with Crippen molar-refractivity contribution in [2.75, 3.05) is 24.3 Å². The first-order valence-corrected chi connectivity index (χ1v) is 10.2. The van der Waals surface area contributed by atoms with Crippen LogP contribution in [0.1, 0.15) is 5.69 Å². The number of thiol groups is 1. The summed E-state index contributed by atoms with van der Waals surface area (Å²) < 4.78 is 4.77. The fourth-order valence-corrected chi connectivity index (χ4v) is 4.89. The first-order valence-electron chi connectivity index (χ1n) is 7.69. The van der Waals surface area contributed by atoms with Crippen LogP contribution in [0.2, 0.25) is 0 Å². The molecule has 11 nitrogen and oxygen atoms in total. The van der Waals surface area contributed by atoms with Gasteiger partial charge in [-0.15, -0.1) is 23.1 Å². The number of amides is 2. The summed E-state index contributed by atoms with van der Waals surface area (Å²) >= 11 is 6.63. The maximum absolute atomic E-state index is 12.6. The van der Waals surface area contributed by atoms with Crippen LogP contribution in [-0.4, -0.2) is 68.7 Å². The average molecular weight is 446 g/mol. The van der Waals surface area contributed by atoms with Crippen molar-refractivity contribution in [3.63, 3.8) is 0 Å². The van der Waals surface area contributed by atoms with Crippen molar-refractivity contribution in [3.8, 4) is 0 Å². The van der Waals surface area contributed by atoms with Gasteiger partial charge in [0.05, 0.1) is 0 Å². The number of nitrogens with two attached hydrogens (primary N) is 1. The molecule has 3 rings (SSSR count). The lowest BCUT2D eigenvalue weighted by atomic mass is 10.1. The molecule has 3 heterocycles. The molecule has 14 heteroatoms. The number of thioether (sulfide) groups is 1. The van der Waals surface area contributed by atoms with Crippen LogP contribution in [-0.2, 0) is 19.2 Å². The fourth-order valence-electron chi connectivity index (χ4n) is 2.62. The summed E-state index contributed by atoms with van der Waals surface area (Å²) in [5.41, 5.74) is 6.25. The molecule has 1 aromatic heterocycles. The van der Waals surface area contributed by atoms with E-state index < -0.39 is 29.4 Å². The second-order valence-corrected chi connectivity index (χ2v) is 7.80. The predicted molar refractivity (Wildman–Crippen MR) is 105 cm³/mol. The van der Waals surface area contributed by atoms with Crippen LogP contribution >= 0.6 is 35.7 Å². The first-order chi connectivity index (χ1) is 13.4. The third-order valence-corrected chi connectivity index (χ3v) is 6.21. The van der Waals surface area contributed by atoms with Gasteiger partial charge in [-0.25, -0.2) is 9.78 Å². The summed E-state index contributed by atoms with van der Waals surface area (Å²) in [6, 6.07) is -0.885. The van der Waals surface area contributed by atoms with Crippen molar-refractivity contribution in [2.24, 2.45) is 5.16 Å². The van der Waals surface area contributed by atoms with E-state index in [1.807, 2.05) is 0 Å². The van der Waals surface area contributed by atoms with Crippen molar-refractivity contribution in [2.45, 2.75) is 11.4 Å². The molecule has 0 saturated carbocycles. The number of β-lactam (4-membered cyclic amide) rings is 1. The molecule has 4 N–H and O–H groups in total. The van der Waals surface area contributed by atoms with Crippen LogP contribution in [0.3, 0.4) is 0 Å². The van der Waals surface area contributed by atoms with E-state index in [0.717, 1.165) is 11.3 Å². The van der Waals surface area contributed by atoms with Gasteiger partial charge in [-0.2, -0.15) is 12.6 Å². The fraction of sp³-hybridized carbons (Fsp3) is 0.357. The highest BCUT2D eigenvalue weighted by molar-refractivity contribution is 8.00. The molecule has 2 aliphatic heterocycles. The number of ether oxygens (including phenoxy) is 1. The smallest absolute Gasteiger partial charge is 0.449 e. The molecule has 0 radical (unpaired) electrons. The van der Waals surface area contributed by atoms with Crippen molar-refractivity contribution in [1.29, 1.82) is 0 Å². The molecule has 0 aromatic carbocycles. The molecule has 2 amide bonds. The third kappa shape index (κ3) is 3.74. The number of carbonyl (C=O) groups excluding carboxylic acids is 2. The van der Waals surface area contributed by atoms with E-state index in [0.29, 0.717) is 11.3 Å². The molecule has 2 atom stereocenters. The highest BCUT2D eigenvalue weighted by Gasteiger charge is 2.54. The molecule has 28 heavy (non-hydrogen) atoms. The number of nitrogens with one attached hydrogen (secondary N) is 1. The Balaban J connectivity index is 1.77. The Kier molecular flexibility index (Phi) is 6.00. The number of thiazole rings is 1. The minimum absolute atomic E-state index is 0.0557. The Morgan fingerprint density at radius 1 is 1.57 bits per heavy atom. The van der Waals surface area contributed by atoms with Gasteiger partial charge < -0.3 is 25.7 Å². The number of nitrogen functional groups attached to an aromatic ring is 1. The van der Waals surface area contributed by atoms with E-state index >= 15 is 0 Å². The Labute approximate surface area is 172 Å². The zero-order valence-electron chi connectivity index (χ0n) is 14.3. The normalized spacial score (nSPS) is 21.7. The maximum Gasteiger partial charge on any atom is 0.512 e. The van der Waals surface area contributed by atoms with Crippen LogP contribution in [0.15, 0.2) is 22.0 Å². The number of oxime groups is 1. The van der Waals surface area contributed by atoms with Crippen LogP contribution in [0.5, 0.6) is 0 Å². The van der Waals surface area contributed by atoms with Crippen LogP contribution in [0, 0.1) is 0 Å².